The van der Waals surface area contributed by atoms with Gasteiger partial charge in [-0.25, -0.2) is 13.2 Å². The molecule has 0 atom stereocenters. The molecular formula is C25H33N3O6S. The van der Waals surface area contributed by atoms with Crippen LogP contribution in [0.3, 0.4) is 0 Å². The van der Waals surface area contributed by atoms with Gasteiger partial charge in [-0.05, 0) is 33.8 Å². The van der Waals surface area contributed by atoms with Gasteiger partial charge in [-0.15, -0.1) is 0 Å². The van der Waals surface area contributed by atoms with E-state index in [9.17, 15) is 13.2 Å². The Hall–Kier alpha value is -3.40. The molecule has 3 aromatic rings. The van der Waals surface area contributed by atoms with Crippen molar-refractivity contribution in [1.82, 2.24) is 9.88 Å². The predicted molar refractivity (Wildman–Crippen MR) is 137 cm³/mol. The van der Waals surface area contributed by atoms with Gasteiger partial charge in [0.15, 0.2) is 21.3 Å². The molecule has 2 aromatic carbocycles. The lowest BCUT2D eigenvalue weighted by Gasteiger charge is -2.17. The Balaban J connectivity index is 1.71. The molecule has 1 heterocycles. The highest BCUT2D eigenvalue weighted by molar-refractivity contribution is 7.91. The maximum absolute atomic E-state index is 13.1. The fourth-order valence-corrected chi connectivity index (χ4v) is 5.59. The number of urea groups is 1. The van der Waals surface area contributed by atoms with Gasteiger partial charge in [0.05, 0.1) is 36.2 Å². The number of benzene rings is 2. The van der Waals surface area contributed by atoms with Crippen LogP contribution in [0.1, 0.15) is 26.5 Å². The molecular weight excluding hydrogens is 470 g/mol. The predicted octanol–water partition coefficient (Wildman–Crippen LogP) is 4.28. The molecule has 0 aliphatic heterocycles. The minimum atomic E-state index is -3.63. The molecule has 190 valence electrons. The monoisotopic (exact) mass is 503 g/mol. The number of hydrogen-bond donors (Lipinski definition) is 2. The van der Waals surface area contributed by atoms with Crippen molar-refractivity contribution in [1.29, 1.82) is 0 Å². The highest BCUT2D eigenvalue weighted by Gasteiger charge is 2.24. The second-order valence-corrected chi connectivity index (χ2v) is 9.84. The van der Waals surface area contributed by atoms with Crippen molar-refractivity contribution in [3.05, 3.63) is 42.1 Å². The number of carbonyl (C=O) groups excluding carboxylic acids is 1. The van der Waals surface area contributed by atoms with Crippen molar-refractivity contribution >= 4 is 32.5 Å². The van der Waals surface area contributed by atoms with E-state index in [-0.39, 0.29) is 12.3 Å². The van der Waals surface area contributed by atoms with Gasteiger partial charge in [-0.2, -0.15) is 0 Å². The van der Waals surface area contributed by atoms with Crippen LogP contribution in [0.5, 0.6) is 17.2 Å². The molecule has 9 nitrogen and oxygen atoms in total. The molecule has 0 saturated carbocycles. The lowest BCUT2D eigenvalue weighted by molar-refractivity contribution is 0.252. The van der Waals surface area contributed by atoms with Crippen molar-refractivity contribution in [2.45, 2.75) is 32.6 Å². The van der Waals surface area contributed by atoms with E-state index in [1.807, 2.05) is 50.6 Å². The summed E-state index contributed by atoms with van der Waals surface area (Å²) in [5.41, 5.74) is 1.95. The zero-order valence-electron chi connectivity index (χ0n) is 20.8. The summed E-state index contributed by atoms with van der Waals surface area (Å²) < 4.78 is 45.1. The van der Waals surface area contributed by atoms with Gasteiger partial charge in [0, 0.05) is 42.3 Å². The number of rotatable bonds is 11. The third kappa shape index (κ3) is 5.82. The van der Waals surface area contributed by atoms with Crippen LogP contribution in [0.2, 0.25) is 0 Å². The Kier molecular flexibility index (Phi) is 8.50. The van der Waals surface area contributed by atoms with Crippen molar-refractivity contribution < 1.29 is 27.4 Å². The Morgan fingerprint density at radius 3 is 2.17 bits per heavy atom. The maximum atomic E-state index is 13.1. The van der Waals surface area contributed by atoms with Gasteiger partial charge in [0.2, 0.25) is 5.75 Å². The molecule has 1 aromatic heterocycles. The summed E-state index contributed by atoms with van der Waals surface area (Å²) >= 11 is 0. The smallest absolute Gasteiger partial charge is 0.319 e. The molecule has 0 aliphatic rings. The number of carbonyl (C=O) groups is 1. The minimum absolute atomic E-state index is 0.0511. The Morgan fingerprint density at radius 2 is 1.57 bits per heavy atom. The third-order valence-electron chi connectivity index (χ3n) is 5.48. The van der Waals surface area contributed by atoms with Crippen molar-refractivity contribution in [2.75, 3.05) is 37.4 Å². The number of ether oxygens (including phenoxy) is 3. The molecule has 0 bridgehead atoms. The molecule has 0 spiro atoms. The zero-order chi connectivity index (χ0) is 25.6. The second-order valence-electron chi connectivity index (χ2n) is 7.79. The fourth-order valence-electron chi connectivity index (χ4n) is 3.92. The molecule has 2 N–H and O–H groups in total. The Bertz CT molecular complexity index is 1270. The second kappa shape index (κ2) is 11.4. The van der Waals surface area contributed by atoms with Crippen LogP contribution in [0.4, 0.5) is 10.5 Å². The number of sulfone groups is 1. The van der Waals surface area contributed by atoms with E-state index >= 15 is 0 Å². The first kappa shape index (κ1) is 26.2. The number of nitrogens with zero attached hydrogens (tertiary/aromatic N) is 1. The topological polar surface area (TPSA) is 108 Å². The number of amides is 2. The number of aromatic nitrogens is 1. The van der Waals surface area contributed by atoms with Gasteiger partial charge in [0.25, 0.3) is 0 Å². The van der Waals surface area contributed by atoms with E-state index in [4.69, 9.17) is 14.2 Å². The number of para-hydroxylation sites is 1. The summed E-state index contributed by atoms with van der Waals surface area (Å²) in [6.45, 7) is 8.54. The first-order chi connectivity index (χ1) is 16.7. The first-order valence-corrected chi connectivity index (χ1v) is 13.3. The molecule has 0 radical (unpaired) electrons. The molecule has 3 rings (SSSR count). The number of anilines is 1. The van der Waals surface area contributed by atoms with Crippen LogP contribution >= 0.6 is 0 Å². The Morgan fingerprint density at radius 1 is 0.971 bits per heavy atom. The largest absolute Gasteiger partial charge is 0.490 e. The average Bonchev–Trinajstić information content (AvgIpc) is 3.07. The van der Waals surface area contributed by atoms with Gasteiger partial charge in [0.1, 0.15) is 0 Å². The standard InChI is InChI=1S/C25H33N3O6S/c1-6-32-21-15-18(16-22(33-7-2)23(21)34-8-3)27-25(29)26-13-14-35(30,31)24-17(4)28(5)20-12-10-9-11-19(20)24/h9-12,15-16H,6-8,13-14H2,1-5H3,(H2,26,27,29). The van der Waals surface area contributed by atoms with Crippen molar-refractivity contribution in [2.24, 2.45) is 7.05 Å². The van der Waals surface area contributed by atoms with Crippen LogP contribution < -0.4 is 24.8 Å². The number of aryl methyl sites for hydroxylation is 1. The highest BCUT2D eigenvalue weighted by atomic mass is 32.2. The lowest BCUT2D eigenvalue weighted by atomic mass is 10.2. The van der Waals surface area contributed by atoms with Crippen LogP contribution in [0.15, 0.2) is 41.3 Å². The molecule has 0 aliphatic carbocycles. The van der Waals surface area contributed by atoms with Gasteiger partial charge < -0.3 is 29.4 Å². The van der Waals surface area contributed by atoms with Gasteiger partial charge in [-0.1, -0.05) is 18.2 Å². The van der Waals surface area contributed by atoms with Crippen LogP contribution in [-0.4, -0.2) is 51.1 Å². The molecule has 0 unspecified atom stereocenters. The maximum Gasteiger partial charge on any atom is 0.319 e. The summed E-state index contributed by atoms with van der Waals surface area (Å²) in [7, 11) is -1.79. The van der Waals surface area contributed by atoms with E-state index in [2.05, 4.69) is 10.6 Å². The van der Waals surface area contributed by atoms with Gasteiger partial charge >= 0.3 is 6.03 Å². The molecule has 2 amide bonds. The van der Waals surface area contributed by atoms with Crippen molar-refractivity contribution in [3.8, 4) is 17.2 Å². The van der Waals surface area contributed by atoms with E-state index in [0.717, 1.165) is 5.52 Å². The SMILES string of the molecule is CCOc1cc(NC(=O)NCCS(=O)(=O)c2c(C)n(C)c3ccccc23)cc(OCC)c1OCC. The fraction of sp³-hybridized carbons (Fsp3) is 0.400. The van der Waals surface area contributed by atoms with Gasteiger partial charge in [-0.3, -0.25) is 0 Å². The number of hydrogen-bond acceptors (Lipinski definition) is 6. The van der Waals surface area contributed by atoms with E-state index < -0.39 is 15.9 Å². The number of nitrogens with one attached hydrogen (secondary N) is 2. The summed E-state index contributed by atoms with van der Waals surface area (Å²) in [6, 6.07) is 10.1. The van der Waals surface area contributed by atoms with Crippen molar-refractivity contribution in [3.63, 3.8) is 0 Å². The van der Waals surface area contributed by atoms with Crippen LogP contribution in [0, 0.1) is 6.92 Å². The zero-order valence-corrected chi connectivity index (χ0v) is 21.6. The summed E-state index contributed by atoms with van der Waals surface area (Å²) in [5, 5.41) is 6.02. The van der Waals surface area contributed by atoms with Crippen LogP contribution in [-0.2, 0) is 16.9 Å². The normalized spacial score (nSPS) is 11.3. The molecule has 10 heteroatoms. The first-order valence-electron chi connectivity index (χ1n) is 11.6. The lowest BCUT2D eigenvalue weighted by Crippen LogP contribution is -2.33. The Labute approximate surface area is 206 Å². The third-order valence-corrected chi connectivity index (χ3v) is 7.36. The quantitative estimate of drug-likeness (QED) is 0.404. The summed E-state index contributed by atoms with van der Waals surface area (Å²) in [4.78, 5) is 12.8. The molecule has 0 saturated heterocycles. The van der Waals surface area contributed by atoms with E-state index in [0.29, 0.717) is 58.7 Å². The van der Waals surface area contributed by atoms with E-state index in [1.165, 1.54) is 0 Å². The highest BCUT2D eigenvalue weighted by Crippen LogP contribution is 2.40. The molecule has 0 fully saturated rings. The van der Waals surface area contributed by atoms with Crippen LogP contribution in [0.25, 0.3) is 10.9 Å². The molecule has 35 heavy (non-hydrogen) atoms. The minimum Gasteiger partial charge on any atom is -0.490 e. The van der Waals surface area contributed by atoms with E-state index in [1.54, 1.807) is 25.1 Å². The average molecular weight is 504 g/mol. The summed E-state index contributed by atoms with van der Waals surface area (Å²) in [5.74, 6) is 1.14. The summed E-state index contributed by atoms with van der Waals surface area (Å²) in [6.07, 6.45) is 0. The number of fused-ring (bicyclic) bond motifs is 1.